The van der Waals surface area contributed by atoms with E-state index in [2.05, 4.69) is 32.8 Å². The van der Waals surface area contributed by atoms with Crippen molar-refractivity contribution in [2.45, 2.75) is 102 Å². The molecule has 232 valence electrons. The van der Waals surface area contributed by atoms with Crippen molar-refractivity contribution in [1.29, 1.82) is 0 Å². The molecule has 0 rings (SSSR count). The lowest BCUT2D eigenvalue weighted by atomic mass is 11.3. The summed E-state index contributed by atoms with van der Waals surface area (Å²) >= 11 is 0. The number of rotatable bonds is 17. The molecule has 38 heavy (non-hydrogen) atoms. The Labute approximate surface area is 248 Å². The largest absolute Gasteiger partial charge is 0.469 e. The van der Waals surface area contributed by atoms with Gasteiger partial charge in [0.15, 0.2) is 16.6 Å². The summed E-state index contributed by atoms with van der Waals surface area (Å²) in [7, 11) is -22.3. The Bertz CT molecular complexity index is 717. The molecular weight excluding hydrogens is 633 g/mol. The van der Waals surface area contributed by atoms with E-state index >= 15 is 0 Å². The number of hydrogen-bond acceptors (Lipinski definition) is 8. The molecule has 0 aromatic rings. The molecule has 0 saturated heterocycles. The van der Waals surface area contributed by atoms with E-state index in [1.54, 1.807) is 5.70 Å². The van der Waals surface area contributed by atoms with E-state index in [0.29, 0.717) is 0 Å². The van der Waals surface area contributed by atoms with Crippen LogP contribution in [0.5, 0.6) is 0 Å². The van der Waals surface area contributed by atoms with Crippen LogP contribution in [0.1, 0.15) is 29.7 Å². The van der Waals surface area contributed by atoms with Crippen LogP contribution in [0.3, 0.4) is 0 Å². The average molecular weight is 698 g/mol. The molecule has 0 aliphatic rings. The van der Waals surface area contributed by atoms with Crippen LogP contribution in [-0.4, -0.2) is 86.6 Å². The molecule has 0 amide bonds. The van der Waals surface area contributed by atoms with Crippen molar-refractivity contribution >= 4 is 77.0 Å². The van der Waals surface area contributed by atoms with Crippen LogP contribution < -0.4 is 0 Å². The summed E-state index contributed by atoms with van der Waals surface area (Å²) < 4.78 is 39.2. The van der Waals surface area contributed by atoms with E-state index in [4.69, 9.17) is 24.7 Å². The lowest BCUT2D eigenvalue weighted by Gasteiger charge is -2.45. The van der Waals surface area contributed by atoms with Crippen molar-refractivity contribution in [3.8, 4) is 0 Å². The second-order valence-electron chi connectivity index (χ2n) is 10.9. The van der Waals surface area contributed by atoms with Gasteiger partial charge in [0.05, 0.1) is 0 Å². The summed E-state index contributed by atoms with van der Waals surface area (Å²) in [6.45, 7) is 33.6. The highest BCUT2D eigenvalue weighted by molar-refractivity contribution is 7.44. The molecule has 8 nitrogen and oxygen atoms in total. The first-order valence-electron chi connectivity index (χ1n) is 11.4. The minimum Gasteiger partial charge on any atom is -0.436 e. The SMILES string of the molecule is C.C.C.C.C=C[Si](C)(C)O[Si](C)(C)O[Si](C)(O[Si](C)(C)C=C)O[Si](C)(C)O[Si](O[Si](C)(C)C=C)([SiH2]O)[SiH2]O. The van der Waals surface area contributed by atoms with Crippen molar-refractivity contribution < 1.29 is 34.3 Å². The smallest absolute Gasteiger partial charge is 0.436 e. The van der Waals surface area contributed by atoms with Gasteiger partial charge in [-0.1, -0.05) is 46.8 Å². The third kappa shape index (κ3) is 17.6. The number of hydrogen-bond donors (Lipinski definition) is 2. The summed E-state index contributed by atoms with van der Waals surface area (Å²) in [6.07, 6.45) is 0. The predicted octanol–water partition coefficient (Wildman–Crippen LogP) is 4.98. The molecule has 0 aliphatic carbocycles. The fourth-order valence-corrected chi connectivity index (χ4v) is 48.7. The van der Waals surface area contributed by atoms with Crippen molar-refractivity contribution in [3.63, 3.8) is 0 Å². The standard InChI is InChI=1S/C17H48O8Si9.4CH4/c1-15-28(4,5)20-31(10,11)23-33(14,21-29(6,7)16-2)24-32(12,13)25-34(26-18,27-19)22-30(8,9)17-3;;;;/h15-19H,1-3,26-27H2,4-14H3;4*1H4. The van der Waals surface area contributed by atoms with Gasteiger partial charge in [0.2, 0.25) is 26.9 Å². The van der Waals surface area contributed by atoms with Gasteiger partial charge < -0.3 is 34.3 Å². The molecule has 1 atom stereocenters. The van der Waals surface area contributed by atoms with Crippen molar-refractivity contribution in [3.05, 3.63) is 36.8 Å². The van der Waals surface area contributed by atoms with E-state index in [1.165, 1.54) is 0 Å². The maximum atomic E-state index is 10.4. The third-order valence-electron chi connectivity index (χ3n) is 4.66. The van der Waals surface area contributed by atoms with Crippen LogP contribution in [-0.2, 0) is 24.7 Å². The van der Waals surface area contributed by atoms with Crippen molar-refractivity contribution in [2.75, 3.05) is 0 Å². The van der Waals surface area contributed by atoms with Gasteiger partial charge in [0.25, 0.3) is 0 Å². The van der Waals surface area contributed by atoms with Crippen LogP contribution in [0, 0.1) is 0 Å². The fraction of sp³-hybridized carbons (Fsp3) is 0.714. The second-order valence-corrected chi connectivity index (χ2v) is 47.8. The summed E-state index contributed by atoms with van der Waals surface area (Å²) in [6, 6.07) is 0. The van der Waals surface area contributed by atoms with E-state index in [1.807, 2.05) is 70.3 Å². The highest BCUT2D eigenvalue weighted by Crippen LogP contribution is 2.30. The van der Waals surface area contributed by atoms with Gasteiger partial charge in [0.1, 0.15) is 0 Å². The summed E-state index contributed by atoms with van der Waals surface area (Å²) in [5, 5.41) is 0. The molecule has 0 aromatic carbocycles. The van der Waals surface area contributed by atoms with Crippen LogP contribution in [0.4, 0.5) is 0 Å². The third-order valence-corrected chi connectivity index (χ3v) is 42.3. The minimum atomic E-state index is -3.30. The van der Waals surface area contributed by atoms with Gasteiger partial charge in [-0.2, -0.15) is 0 Å². The predicted molar refractivity (Wildman–Crippen MR) is 190 cm³/mol. The molecule has 17 heteroatoms. The van der Waals surface area contributed by atoms with Gasteiger partial charge in [-0.25, -0.2) is 0 Å². The molecule has 0 saturated carbocycles. The van der Waals surface area contributed by atoms with E-state index in [-0.39, 0.29) is 29.7 Å². The molecular formula is C21H64O8Si9. The van der Waals surface area contributed by atoms with Gasteiger partial charge >= 0.3 is 33.5 Å². The van der Waals surface area contributed by atoms with Gasteiger partial charge in [-0.15, -0.1) is 19.7 Å². The molecule has 0 aliphatic heterocycles. The minimum absolute atomic E-state index is 0. The van der Waals surface area contributed by atoms with Crippen LogP contribution >= 0.6 is 0 Å². The first-order valence-corrected chi connectivity index (χ1v) is 35.9. The summed E-state index contributed by atoms with van der Waals surface area (Å²) in [4.78, 5) is 20.7. The average Bonchev–Trinajstić information content (AvgIpc) is 2.64. The molecule has 0 fully saturated rings. The Kier molecular flexibility index (Phi) is 22.7. The lowest BCUT2D eigenvalue weighted by Crippen LogP contribution is -2.68. The highest BCUT2D eigenvalue weighted by Gasteiger charge is 2.54. The topological polar surface area (TPSA) is 95.8 Å². The Morgan fingerprint density at radius 1 is 0.474 bits per heavy atom. The van der Waals surface area contributed by atoms with Gasteiger partial charge in [0, 0.05) is 6.55 Å². The van der Waals surface area contributed by atoms with Crippen LogP contribution in [0.15, 0.2) is 36.8 Å². The molecule has 0 heterocycles. The van der Waals surface area contributed by atoms with Crippen molar-refractivity contribution in [1.82, 2.24) is 0 Å². The molecule has 0 radical (unpaired) electrons. The molecule has 1 unspecified atom stereocenters. The quantitative estimate of drug-likeness (QED) is 0.206. The molecule has 2 N–H and O–H groups in total. The van der Waals surface area contributed by atoms with E-state index in [9.17, 15) is 9.59 Å². The van der Waals surface area contributed by atoms with Crippen LogP contribution in [0.25, 0.3) is 0 Å². The molecule has 0 aromatic heterocycles. The zero-order valence-corrected chi connectivity index (χ0v) is 32.9. The van der Waals surface area contributed by atoms with Gasteiger partial charge in [-0.05, 0) is 65.5 Å². The normalized spacial score (nSPS) is 16.3. The maximum Gasteiger partial charge on any atom is 0.469 e. The zero-order valence-electron chi connectivity index (χ0n) is 23.1. The molecule has 0 spiro atoms. The Hall–Kier alpha value is 0.852. The van der Waals surface area contributed by atoms with E-state index < -0.39 is 77.0 Å². The second kappa shape index (κ2) is 17.7. The first kappa shape index (κ1) is 48.6. The Balaban J connectivity index is -0.000000907. The summed E-state index contributed by atoms with van der Waals surface area (Å²) in [5.74, 6) is 0. The summed E-state index contributed by atoms with van der Waals surface area (Å²) in [5.41, 5.74) is 5.53. The Morgan fingerprint density at radius 2 is 0.763 bits per heavy atom. The van der Waals surface area contributed by atoms with E-state index in [0.717, 1.165) is 0 Å². The fourth-order valence-electron chi connectivity index (χ4n) is 3.36. The highest BCUT2D eigenvalue weighted by atomic mass is 29.6. The van der Waals surface area contributed by atoms with Gasteiger partial charge in [-0.3, -0.25) is 0 Å². The maximum absolute atomic E-state index is 10.4. The molecule has 0 bridgehead atoms. The van der Waals surface area contributed by atoms with Crippen molar-refractivity contribution in [2.24, 2.45) is 0 Å². The first-order chi connectivity index (χ1) is 15.0. The van der Waals surface area contributed by atoms with Crippen LogP contribution in [0.2, 0.25) is 72.0 Å². The monoisotopic (exact) mass is 696 g/mol. The zero-order chi connectivity index (χ0) is 27.3. The lowest BCUT2D eigenvalue weighted by molar-refractivity contribution is 0.213. The Morgan fingerprint density at radius 3 is 1.08 bits per heavy atom.